The fourth-order valence-electron chi connectivity index (χ4n) is 0.850. The average molecular weight is 163 g/mol. The molecule has 0 saturated heterocycles. The molecule has 4 nitrogen and oxygen atoms in total. The van der Waals surface area contributed by atoms with Gasteiger partial charge in [-0.15, -0.1) is 0 Å². The first kappa shape index (κ1) is 8.50. The van der Waals surface area contributed by atoms with E-state index in [1.807, 2.05) is 6.07 Å². The molecular weight excluding hydrogens is 154 g/mol. The maximum Gasteiger partial charge on any atom is 0.231 e. The molecule has 1 aromatic heterocycles. The topological polar surface area (TPSA) is 71.9 Å². The molecule has 4 heteroatoms. The molecule has 62 valence electrons. The fraction of sp³-hybridized carbons (Fsp3) is 0.250. The summed E-state index contributed by atoms with van der Waals surface area (Å²) in [5.41, 5.74) is 6.62. The molecule has 0 unspecified atom stereocenters. The summed E-state index contributed by atoms with van der Waals surface area (Å²) in [6.07, 6.45) is 1.60. The number of pyridine rings is 1. The Morgan fingerprint density at radius 3 is 3.00 bits per heavy atom. The van der Waals surface area contributed by atoms with Crippen molar-refractivity contribution in [1.82, 2.24) is 4.98 Å². The van der Waals surface area contributed by atoms with Crippen molar-refractivity contribution in [3.63, 3.8) is 0 Å². The van der Waals surface area contributed by atoms with Crippen molar-refractivity contribution in [2.45, 2.75) is 6.54 Å². The number of ether oxygens (including phenoxy) is 1. The van der Waals surface area contributed by atoms with Crippen molar-refractivity contribution in [3.8, 4) is 11.9 Å². The monoisotopic (exact) mass is 163 g/mol. The average Bonchev–Trinajstić information content (AvgIpc) is 2.16. The number of hydrogen-bond donors (Lipinski definition) is 1. The Hall–Kier alpha value is -1.60. The van der Waals surface area contributed by atoms with Gasteiger partial charge in [-0.05, 0) is 11.6 Å². The normalized spacial score (nSPS) is 9.08. The molecule has 1 heterocycles. The van der Waals surface area contributed by atoms with Gasteiger partial charge in [-0.2, -0.15) is 5.26 Å². The Balaban J connectivity index is 3.13. The highest BCUT2D eigenvalue weighted by Crippen LogP contribution is 2.14. The maximum atomic E-state index is 8.66. The summed E-state index contributed by atoms with van der Waals surface area (Å²) in [5.74, 6) is 0.342. The van der Waals surface area contributed by atoms with E-state index in [-0.39, 0.29) is 0 Å². The maximum absolute atomic E-state index is 8.66. The van der Waals surface area contributed by atoms with Gasteiger partial charge in [-0.3, -0.25) is 0 Å². The third-order valence-electron chi connectivity index (χ3n) is 1.46. The Morgan fingerprint density at radius 2 is 2.50 bits per heavy atom. The van der Waals surface area contributed by atoms with Crippen LogP contribution in [0.5, 0.6) is 5.88 Å². The fourth-order valence-corrected chi connectivity index (χ4v) is 0.850. The highest BCUT2D eigenvalue weighted by molar-refractivity contribution is 5.39. The van der Waals surface area contributed by atoms with Crippen molar-refractivity contribution >= 4 is 0 Å². The third-order valence-corrected chi connectivity index (χ3v) is 1.46. The van der Waals surface area contributed by atoms with Gasteiger partial charge >= 0.3 is 0 Å². The second-order valence-corrected chi connectivity index (χ2v) is 2.22. The number of nitrogens with zero attached hydrogens (tertiary/aromatic N) is 2. The van der Waals surface area contributed by atoms with Crippen LogP contribution < -0.4 is 10.5 Å². The minimum Gasteiger partial charge on any atom is -0.480 e. The van der Waals surface area contributed by atoms with Gasteiger partial charge in [0.1, 0.15) is 11.6 Å². The van der Waals surface area contributed by atoms with Gasteiger partial charge in [-0.1, -0.05) is 0 Å². The first-order valence-corrected chi connectivity index (χ1v) is 3.45. The quantitative estimate of drug-likeness (QED) is 0.685. The van der Waals surface area contributed by atoms with E-state index in [2.05, 4.69) is 4.98 Å². The molecule has 0 radical (unpaired) electrons. The number of methoxy groups -OCH3 is 1. The van der Waals surface area contributed by atoms with Crippen LogP contribution in [0.1, 0.15) is 11.1 Å². The van der Waals surface area contributed by atoms with Crippen LogP contribution in [0, 0.1) is 11.3 Å². The van der Waals surface area contributed by atoms with E-state index in [1.54, 1.807) is 12.3 Å². The lowest BCUT2D eigenvalue weighted by Crippen LogP contribution is -1.99. The van der Waals surface area contributed by atoms with E-state index in [1.165, 1.54) is 7.11 Å². The lowest BCUT2D eigenvalue weighted by molar-refractivity contribution is 0.396. The lowest BCUT2D eigenvalue weighted by atomic mass is 10.2. The molecule has 0 bridgehead atoms. The predicted molar refractivity (Wildman–Crippen MR) is 43.4 cm³/mol. The number of nitriles is 1. The zero-order valence-electron chi connectivity index (χ0n) is 6.74. The number of rotatable bonds is 2. The minimum absolute atomic E-state index is 0.342. The van der Waals surface area contributed by atoms with Crippen molar-refractivity contribution in [2.75, 3.05) is 7.11 Å². The standard InChI is InChI=1S/C8H9N3O/c1-12-8-7(4-10)2-6(3-9)5-11-8/h2,5H,3,9H2,1H3. The van der Waals surface area contributed by atoms with Crippen LogP contribution in [0.2, 0.25) is 0 Å². The second-order valence-electron chi connectivity index (χ2n) is 2.22. The summed E-state index contributed by atoms with van der Waals surface area (Å²) in [6, 6.07) is 3.65. The summed E-state index contributed by atoms with van der Waals surface area (Å²) in [4.78, 5) is 3.91. The van der Waals surface area contributed by atoms with Crippen molar-refractivity contribution in [2.24, 2.45) is 5.73 Å². The molecule has 0 spiro atoms. The molecular formula is C8H9N3O. The molecule has 0 aliphatic rings. The number of hydrogen-bond acceptors (Lipinski definition) is 4. The van der Waals surface area contributed by atoms with Gasteiger partial charge in [0.05, 0.1) is 7.11 Å². The van der Waals surface area contributed by atoms with Crippen LogP contribution in [0.4, 0.5) is 0 Å². The van der Waals surface area contributed by atoms with Crippen LogP contribution in [0.3, 0.4) is 0 Å². The summed E-state index contributed by atoms with van der Waals surface area (Å²) < 4.78 is 4.86. The van der Waals surface area contributed by atoms with Gasteiger partial charge in [0, 0.05) is 12.7 Å². The van der Waals surface area contributed by atoms with Crippen molar-refractivity contribution in [1.29, 1.82) is 5.26 Å². The van der Waals surface area contributed by atoms with E-state index >= 15 is 0 Å². The summed E-state index contributed by atoms with van der Waals surface area (Å²) >= 11 is 0. The third kappa shape index (κ3) is 1.52. The molecule has 0 fully saturated rings. The minimum atomic E-state index is 0.342. The largest absolute Gasteiger partial charge is 0.480 e. The van der Waals surface area contributed by atoms with Crippen LogP contribution >= 0.6 is 0 Å². The molecule has 1 rings (SSSR count). The molecule has 0 saturated carbocycles. The van der Waals surface area contributed by atoms with Crippen LogP contribution in [-0.2, 0) is 6.54 Å². The summed E-state index contributed by atoms with van der Waals surface area (Å²) in [6.45, 7) is 0.381. The van der Waals surface area contributed by atoms with Crippen LogP contribution in [0.15, 0.2) is 12.3 Å². The smallest absolute Gasteiger partial charge is 0.231 e. The number of aromatic nitrogens is 1. The SMILES string of the molecule is COc1ncc(CN)cc1C#N. The van der Waals surface area contributed by atoms with Crippen LogP contribution in [0.25, 0.3) is 0 Å². The lowest BCUT2D eigenvalue weighted by Gasteiger charge is -2.01. The van der Waals surface area contributed by atoms with E-state index < -0.39 is 0 Å². The molecule has 12 heavy (non-hydrogen) atoms. The highest BCUT2D eigenvalue weighted by atomic mass is 16.5. The predicted octanol–water partition coefficient (Wildman–Crippen LogP) is 0.421. The van der Waals surface area contributed by atoms with Crippen molar-refractivity contribution < 1.29 is 4.74 Å². The molecule has 1 aromatic rings. The Kier molecular flexibility index (Phi) is 2.62. The highest BCUT2D eigenvalue weighted by Gasteiger charge is 2.03. The van der Waals surface area contributed by atoms with Gasteiger partial charge < -0.3 is 10.5 Å². The molecule has 0 atom stereocenters. The van der Waals surface area contributed by atoms with Gasteiger partial charge in [0.2, 0.25) is 5.88 Å². The van der Waals surface area contributed by atoms with E-state index in [4.69, 9.17) is 15.7 Å². The van der Waals surface area contributed by atoms with Gasteiger partial charge in [-0.25, -0.2) is 4.98 Å². The molecule has 0 aliphatic heterocycles. The summed E-state index contributed by atoms with van der Waals surface area (Å²) in [5, 5.41) is 8.66. The molecule has 0 aromatic carbocycles. The Morgan fingerprint density at radius 1 is 1.75 bits per heavy atom. The van der Waals surface area contributed by atoms with E-state index in [9.17, 15) is 0 Å². The molecule has 0 aliphatic carbocycles. The Bertz CT molecular complexity index is 317. The first-order chi connectivity index (χ1) is 5.81. The van der Waals surface area contributed by atoms with Crippen molar-refractivity contribution in [3.05, 3.63) is 23.4 Å². The van der Waals surface area contributed by atoms with Crippen LogP contribution in [-0.4, -0.2) is 12.1 Å². The summed E-state index contributed by atoms with van der Waals surface area (Å²) in [7, 11) is 1.48. The first-order valence-electron chi connectivity index (χ1n) is 3.45. The zero-order chi connectivity index (χ0) is 8.97. The molecule has 2 N–H and O–H groups in total. The van der Waals surface area contributed by atoms with E-state index in [0.717, 1.165) is 5.56 Å². The van der Waals surface area contributed by atoms with E-state index in [0.29, 0.717) is 18.0 Å². The number of nitrogens with two attached hydrogens (primary N) is 1. The van der Waals surface area contributed by atoms with Gasteiger partial charge in [0.25, 0.3) is 0 Å². The van der Waals surface area contributed by atoms with Gasteiger partial charge in [0.15, 0.2) is 0 Å². The second kappa shape index (κ2) is 3.69. The zero-order valence-corrected chi connectivity index (χ0v) is 6.74. The Labute approximate surface area is 70.6 Å². The molecule has 0 amide bonds.